The molecule has 0 amide bonds. The van der Waals surface area contributed by atoms with Crippen LogP contribution in [-0.2, 0) is 9.53 Å². The number of carbonyl (C=O) groups is 1. The minimum absolute atomic E-state index is 0.0882. The molecular formula is C16H24O3. The first kappa shape index (κ1) is 12.2. The summed E-state index contributed by atoms with van der Waals surface area (Å²) in [5.74, 6) is 1.58. The Morgan fingerprint density at radius 1 is 1.32 bits per heavy atom. The van der Waals surface area contributed by atoms with Gasteiger partial charge in [-0.05, 0) is 55.8 Å². The van der Waals surface area contributed by atoms with Crippen LogP contribution in [0, 0.1) is 28.6 Å². The summed E-state index contributed by atoms with van der Waals surface area (Å²) in [5.41, 5.74) is 0.191. The van der Waals surface area contributed by atoms with Crippen LogP contribution in [0.1, 0.15) is 51.9 Å². The molecule has 3 saturated carbocycles. The second-order valence-electron chi connectivity index (χ2n) is 7.74. The van der Waals surface area contributed by atoms with E-state index in [2.05, 4.69) is 6.92 Å². The zero-order chi connectivity index (χ0) is 13.3. The van der Waals surface area contributed by atoms with E-state index in [9.17, 15) is 9.90 Å². The van der Waals surface area contributed by atoms with Crippen LogP contribution in [0.4, 0.5) is 0 Å². The number of fused-ring (bicyclic) bond motifs is 3. The van der Waals surface area contributed by atoms with Crippen LogP contribution in [0.15, 0.2) is 0 Å². The molecule has 1 heterocycles. The summed E-state index contributed by atoms with van der Waals surface area (Å²) in [7, 11) is 0. The zero-order valence-corrected chi connectivity index (χ0v) is 11.7. The first-order chi connectivity index (χ1) is 9.09. The topological polar surface area (TPSA) is 46.5 Å². The van der Waals surface area contributed by atoms with Crippen LogP contribution in [0.3, 0.4) is 0 Å². The molecule has 2 unspecified atom stereocenters. The lowest BCUT2D eigenvalue weighted by molar-refractivity contribution is -0.147. The smallest absolute Gasteiger partial charge is 0.312 e. The average Bonchev–Trinajstić information content (AvgIpc) is 3.13. The van der Waals surface area contributed by atoms with Crippen molar-refractivity contribution < 1.29 is 14.6 Å². The molecule has 3 heteroatoms. The van der Waals surface area contributed by atoms with Crippen LogP contribution < -0.4 is 0 Å². The summed E-state index contributed by atoms with van der Waals surface area (Å²) in [6.07, 6.45) is 8.02. The number of ether oxygens (including phenoxy) is 1. The van der Waals surface area contributed by atoms with E-state index in [1.54, 1.807) is 0 Å². The van der Waals surface area contributed by atoms with Gasteiger partial charge in [0.15, 0.2) is 0 Å². The molecule has 4 fully saturated rings. The molecule has 5 atom stereocenters. The summed E-state index contributed by atoms with van der Waals surface area (Å²) < 4.78 is 5.72. The predicted octanol–water partition coefficient (Wildman–Crippen LogP) is 2.52. The molecule has 0 aromatic carbocycles. The lowest BCUT2D eigenvalue weighted by atomic mass is 9.53. The van der Waals surface area contributed by atoms with Crippen LogP contribution in [0.25, 0.3) is 0 Å². The van der Waals surface area contributed by atoms with Crippen molar-refractivity contribution in [3.63, 3.8) is 0 Å². The normalized spacial score (nSPS) is 50.5. The molecule has 0 aromatic heterocycles. The third-order valence-corrected chi connectivity index (χ3v) is 6.81. The quantitative estimate of drug-likeness (QED) is 0.740. The zero-order valence-electron chi connectivity index (χ0n) is 11.7. The number of hydrogen-bond acceptors (Lipinski definition) is 3. The van der Waals surface area contributed by atoms with Crippen LogP contribution in [0.5, 0.6) is 0 Å². The molecule has 4 aliphatic rings. The maximum atomic E-state index is 12.1. The van der Waals surface area contributed by atoms with E-state index >= 15 is 0 Å². The van der Waals surface area contributed by atoms with Crippen molar-refractivity contribution >= 4 is 5.97 Å². The molecule has 3 nitrogen and oxygen atoms in total. The van der Waals surface area contributed by atoms with E-state index in [1.165, 1.54) is 12.8 Å². The Morgan fingerprint density at radius 2 is 2.11 bits per heavy atom. The van der Waals surface area contributed by atoms with E-state index in [4.69, 9.17) is 4.74 Å². The highest BCUT2D eigenvalue weighted by molar-refractivity contribution is 5.82. The van der Waals surface area contributed by atoms with Crippen LogP contribution >= 0.6 is 0 Å². The van der Waals surface area contributed by atoms with Gasteiger partial charge in [0, 0.05) is 12.5 Å². The lowest BCUT2D eigenvalue weighted by Gasteiger charge is -2.52. The lowest BCUT2D eigenvalue weighted by Crippen LogP contribution is -2.48. The number of carbonyl (C=O) groups excluding carboxylic acids is 1. The van der Waals surface area contributed by atoms with Gasteiger partial charge in [0.2, 0.25) is 0 Å². The molecule has 1 N–H and O–H groups in total. The molecule has 0 radical (unpaired) electrons. The molecule has 0 aromatic rings. The molecular weight excluding hydrogens is 240 g/mol. The SMILES string of the molecule is C[C@]12CCCC(CO)C1C[C@H]1[C@@H](C2)OC(=O)C12CC2. The number of aliphatic hydroxyl groups excluding tert-OH is 1. The van der Waals surface area contributed by atoms with Gasteiger partial charge in [-0.2, -0.15) is 0 Å². The third kappa shape index (κ3) is 1.51. The number of aliphatic hydroxyl groups is 1. The summed E-state index contributed by atoms with van der Waals surface area (Å²) in [6.45, 7) is 2.68. The van der Waals surface area contributed by atoms with Gasteiger partial charge in [0.1, 0.15) is 6.10 Å². The van der Waals surface area contributed by atoms with Gasteiger partial charge in [-0.3, -0.25) is 4.79 Å². The van der Waals surface area contributed by atoms with E-state index in [-0.39, 0.29) is 22.9 Å². The Hall–Kier alpha value is -0.570. The Balaban J connectivity index is 1.65. The highest BCUT2D eigenvalue weighted by Gasteiger charge is 2.68. The molecule has 106 valence electrons. The first-order valence-corrected chi connectivity index (χ1v) is 7.91. The fourth-order valence-corrected chi connectivity index (χ4v) is 5.52. The van der Waals surface area contributed by atoms with E-state index in [0.29, 0.717) is 24.4 Å². The molecule has 1 saturated heterocycles. The van der Waals surface area contributed by atoms with Gasteiger partial charge < -0.3 is 9.84 Å². The fraction of sp³-hybridized carbons (Fsp3) is 0.938. The van der Waals surface area contributed by atoms with E-state index in [0.717, 1.165) is 32.1 Å². The maximum Gasteiger partial charge on any atom is 0.312 e. The minimum Gasteiger partial charge on any atom is -0.462 e. The summed E-state index contributed by atoms with van der Waals surface area (Å²) in [5, 5.41) is 9.68. The number of rotatable bonds is 1. The van der Waals surface area contributed by atoms with Gasteiger partial charge in [0.05, 0.1) is 5.41 Å². The van der Waals surface area contributed by atoms with Crippen molar-refractivity contribution in [2.24, 2.45) is 28.6 Å². The Bertz CT molecular complexity index is 414. The highest BCUT2D eigenvalue weighted by Crippen LogP contribution is 2.66. The van der Waals surface area contributed by atoms with Crippen molar-refractivity contribution in [3.8, 4) is 0 Å². The highest BCUT2D eigenvalue weighted by atomic mass is 16.6. The maximum absolute atomic E-state index is 12.1. The second kappa shape index (κ2) is 3.75. The fourth-order valence-electron chi connectivity index (χ4n) is 5.52. The molecule has 0 bridgehead atoms. The van der Waals surface area contributed by atoms with Crippen molar-refractivity contribution in [3.05, 3.63) is 0 Å². The average molecular weight is 264 g/mol. The van der Waals surface area contributed by atoms with Crippen molar-refractivity contribution in [1.29, 1.82) is 0 Å². The standard InChI is InChI=1S/C16H24O3/c1-15-4-2-3-10(9-17)11(15)7-12-13(8-15)19-14(18)16(12)5-6-16/h10-13,17H,2-9H2,1H3/t10?,11?,12-,13+,15+/m0/s1. The van der Waals surface area contributed by atoms with Gasteiger partial charge in [0.25, 0.3) is 0 Å². The van der Waals surface area contributed by atoms with Crippen molar-refractivity contribution in [1.82, 2.24) is 0 Å². The van der Waals surface area contributed by atoms with Gasteiger partial charge in [-0.15, -0.1) is 0 Å². The first-order valence-electron chi connectivity index (χ1n) is 7.91. The monoisotopic (exact) mass is 264 g/mol. The summed E-state index contributed by atoms with van der Waals surface area (Å²) in [4.78, 5) is 12.1. The Labute approximate surface area is 114 Å². The Morgan fingerprint density at radius 3 is 2.79 bits per heavy atom. The molecule has 1 spiro atoms. The van der Waals surface area contributed by atoms with Gasteiger partial charge in [-0.1, -0.05) is 13.3 Å². The van der Waals surface area contributed by atoms with Crippen LogP contribution in [0.2, 0.25) is 0 Å². The van der Waals surface area contributed by atoms with Crippen molar-refractivity contribution in [2.45, 2.75) is 58.0 Å². The van der Waals surface area contributed by atoms with Gasteiger partial charge >= 0.3 is 5.97 Å². The van der Waals surface area contributed by atoms with Crippen LogP contribution in [-0.4, -0.2) is 23.8 Å². The predicted molar refractivity (Wildman–Crippen MR) is 70.3 cm³/mol. The second-order valence-corrected chi connectivity index (χ2v) is 7.74. The van der Waals surface area contributed by atoms with Crippen molar-refractivity contribution in [2.75, 3.05) is 6.61 Å². The summed E-state index contributed by atoms with van der Waals surface area (Å²) >= 11 is 0. The minimum atomic E-state index is -0.0938. The van der Waals surface area contributed by atoms with E-state index in [1.807, 2.05) is 0 Å². The Kier molecular flexibility index (Phi) is 2.41. The molecule has 1 aliphatic heterocycles. The number of hydrogen-bond donors (Lipinski definition) is 1. The molecule has 19 heavy (non-hydrogen) atoms. The van der Waals surface area contributed by atoms with Gasteiger partial charge in [-0.25, -0.2) is 0 Å². The third-order valence-electron chi connectivity index (χ3n) is 6.81. The van der Waals surface area contributed by atoms with E-state index < -0.39 is 0 Å². The molecule has 4 rings (SSSR count). The molecule has 3 aliphatic carbocycles. The largest absolute Gasteiger partial charge is 0.462 e. The summed E-state index contributed by atoms with van der Waals surface area (Å²) in [6, 6.07) is 0. The number of esters is 1.